The van der Waals surface area contributed by atoms with Gasteiger partial charge in [0.05, 0.1) is 6.10 Å². The van der Waals surface area contributed by atoms with E-state index in [0.29, 0.717) is 36.1 Å². The minimum atomic E-state index is -1.32. The number of aliphatic hydroxyl groups is 1. The fourth-order valence-corrected chi connectivity index (χ4v) is 3.83. The molecule has 8 heteroatoms. The molecule has 150 valence electrons. The van der Waals surface area contributed by atoms with Gasteiger partial charge in [-0.25, -0.2) is 4.98 Å². The summed E-state index contributed by atoms with van der Waals surface area (Å²) in [6, 6.07) is 13.0. The first kappa shape index (κ1) is 19.1. The minimum absolute atomic E-state index is 0.151. The number of anilines is 1. The highest BCUT2D eigenvalue weighted by Crippen LogP contribution is 2.36. The molecule has 1 aliphatic heterocycles. The molecule has 29 heavy (non-hydrogen) atoms. The summed E-state index contributed by atoms with van der Waals surface area (Å²) < 4.78 is 5.23. The van der Waals surface area contributed by atoms with Crippen LogP contribution in [0.1, 0.15) is 17.8 Å². The van der Waals surface area contributed by atoms with Crippen LogP contribution in [-0.4, -0.2) is 50.5 Å². The van der Waals surface area contributed by atoms with Crippen molar-refractivity contribution in [2.24, 2.45) is 5.41 Å². The quantitative estimate of drug-likeness (QED) is 0.678. The summed E-state index contributed by atoms with van der Waals surface area (Å²) in [6.45, 7) is 2.40. The second kappa shape index (κ2) is 7.63. The lowest BCUT2D eigenvalue weighted by Gasteiger charge is -2.44. The van der Waals surface area contributed by atoms with Gasteiger partial charge in [0, 0.05) is 24.8 Å². The number of nitrogens with zero attached hydrogens (tertiary/aromatic N) is 4. The number of aryl methyl sites for hydroxylation is 1. The monoisotopic (exact) mass is 394 g/mol. The zero-order valence-corrected chi connectivity index (χ0v) is 16.0. The van der Waals surface area contributed by atoms with Gasteiger partial charge in [-0.3, -0.25) is 4.79 Å². The van der Waals surface area contributed by atoms with Crippen LogP contribution < -0.4 is 4.90 Å². The fraction of sp³-hybridized carbons (Fsp3) is 0.333. The topological polar surface area (TPSA) is 113 Å². The first-order valence-electron chi connectivity index (χ1n) is 9.45. The molecule has 0 radical (unpaired) electrons. The van der Waals surface area contributed by atoms with E-state index in [-0.39, 0.29) is 13.0 Å². The number of carbonyl (C=O) groups is 1. The van der Waals surface area contributed by atoms with Crippen molar-refractivity contribution in [1.29, 1.82) is 0 Å². The summed E-state index contributed by atoms with van der Waals surface area (Å²) in [4.78, 5) is 22.9. The minimum Gasteiger partial charge on any atom is -0.481 e. The summed E-state index contributed by atoms with van der Waals surface area (Å²) in [5.41, 5.74) is 0.266. The second-order valence-corrected chi connectivity index (χ2v) is 7.40. The molecule has 2 atom stereocenters. The molecular formula is C21H22N4O4. The molecule has 0 saturated carbocycles. The molecule has 8 nitrogen and oxygen atoms in total. The fourth-order valence-electron chi connectivity index (χ4n) is 3.83. The Bertz CT molecular complexity index is 1010. The van der Waals surface area contributed by atoms with Gasteiger partial charge in [0.2, 0.25) is 0 Å². The number of hydrogen-bond acceptors (Lipinski definition) is 7. The molecule has 1 aromatic carbocycles. The van der Waals surface area contributed by atoms with Gasteiger partial charge < -0.3 is 19.6 Å². The van der Waals surface area contributed by atoms with Crippen LogP contribution in [0.15, 0.2) is 53.2 Å². The van der Waals surface area contributed by atoms with Gasteiger partial charge in [-0.1, -0.05) is 35.5 Å². The molecule has 3 heterocycles. The third-order valence-electron chi connectivity index (χ3n) is 5.42. The molecule has 2 aromatic heterocycles. The van der Waals surface area contributed by atoms with Gasteiger partial charge in [-0.15, -0.1) is 0 Å². The molecule has 1 fully saturated rings. The highest BCUT2D eigenvalue weighted by Gasteiger charge is 2.49. The number of benzene rings is 1. The van der Waals surface area contributed by atoms with Crippen LogP contribution in [0.5, 0.6) is 0 Å². The lowest BCUT2D eigenvalue weighted by Crippen LogP contribution is -2.57. The summed E-state index contributed by atoms with van der Waals surface area (Å²) in [6.07, 6.45) is 1.27. The molecule has 0 unspecified atom stereocenters. The van der Waals surface area contributed by atoms with Crippen molar-refractivity contribution in [3.63, 3.8) is 0 Å². The van der Waals surface area contributed by atoms with Gasteiger partial charge in [-0.05, 0) is 37.5 Å². The standard InChI is InChI=1S/C21H22N4O4/c1-14-23-19(29-24-14)16-7-9-22-18(11-16)25-10-8-17(26)21(13-25,20(27)28)12-15-5-3-2-4-6-15/h2-7,9,11,17,26H,8,10,12-13H2,1H3,(H,27,28)/t17-,21-/m1/s1. The SMILES string of the molecule is Cc1noc(-c2ccnc(N3CC[C@@H](O)[C@](Cc4ccccc4)(C(=O)O)C3)c2)n1. The van der Waals surface area contributed by atoms with Crippen LogP contribution in [0.25, 0.3) is 11.5 Å². The average Bonchev–Trinajstić information content (AvgIpc) is 3.17. The van der Waals surface area contributed by atoms with Crippen molar-refractivity contribution in [1.82, 2.24) is 15.1 Å². The van der Waals surface area contributed by atoms with E-state index in [4.69, 9.17) is 4.52 Å². The Hall–Kier alpha value is -3.26. The van der Waals surface area contributed by atoms with Crippen molar-refractivity contribution < 1.29 is 19.5 Å². The number of carboxylic acids is 1. The van der Waals surface area contributed by atoms with Crippen molar-refractivity contribution in [3.05, 3.63) is 60.0 Å². The number of aliphatic hydroxyl groups excluding tert-OH is 1. The Morgan fingerprint density at radius 3 is 2.79 bits per heavy atom. The van der Waals surface area contributed by atoms with Gasteiger partial charge in [-0.2, -0.15) is 4.98 Å². The number of hydrogen-bond donors (Lipinski definition) is 2. The van der Waals surface area contributed by atoms with E-state index in [2.05, 4.69) is 15.1 Å². The van der Waals surface area contributed by atoms with E-state index in [9.17, 15) is 15.0 Å². The molecule has 2 N–H and O–H groups in total. The van der Waals surface area contributed by atoms with Crippen molar-refractivity contribution in [3.8, 4) is 11.5 Å². The Kier molecular flexibility index (Phi) is 5.02. The first-order valence-corrected chi connectivity index (χ1v) is 9.45. The largest absolute Gasteiger partial charge is 0.481 e. The molecule has 1 saturated heterocycles. The Morgan fingerprint density at radius 2 is 2.10 bits per heavy atom. The van der Waals surface area contributed by atoms with Gasteiger partial charge in [0.15, 0.2) is 5.82 Å². The van der Waals surface area contributed by atoms with E-state index in [0.717, 1.165) is 5.56 Å². The lowest BCUT2D eigenvalue weighted by molar-refractivity contribution is -0.157. The molecular weight excluding hydrogens is 372 g/mol. The lowest BCUT2D eigenvalue weighted by atomic mass is 9.73. The predicted molar refractivity (Wildman–Crippen MR) is 105 cm³/mol. The van der Waals surface area contributed by atoms with Crippen LogP contribution >= 0.6 is 0 Å². The van der Waals surface area contributed by atoms with Crippen molar-refractivity contribution in [2.45, 2.75) is 25.9 Å². The van der Waals surface area contributed by atoms with Crippen LogP contribution in [0.2, 0.25) is 0 Å². The second-order valence-electron chi connectivity index (χ2n) is 7.40. The van der Waals surface area contributed by atoms with Crippen LogP contribution in [0.4, 0.5) is 5.82 Å². The number of aliphatic carboxylic acids is 1. The van der Waals surface area contributed by atoms with Gasteiger partial charge >= 0.3 is 5.97 Å². The molecule has 1 aliphatic rings. The Labute approximate surface area is 167 Å². The summed E-state index contributed by atoms with van der Waals surface area (Å²) in [5.74, 6) is 0.523. The third kappa shape index (κ3) is 3.71. The van der Waals surface area contributed by atoms with Crippen LogP contribution in [0.3, 0.4) is 0 Å². The molecule has 0 bridgehead atoms. The highest BCUT2D eigenvalue weighted by molar-refractivity contribution is 5.77. The Morgan fingerprint density at radius 1 is 1.31 bits per heavy atom. The number of piperidine rings is 1. The van der Waals surface area contributed by atoms with Crippen LogP contribution in [0, 0.1) is 12.3 Å². The number of rotatable bonds is 5. The third-order valence-corrected chi connectivity index (χ3v) is 5.42. The molecule has 0 spiro atoms. The van der Waals surface area contributed by atoms with E-state index < -0.39 is 17.5 Å². The van der Waals surface area contributed by atoms with E-state index in [1.165, 1.54) is 0 Å². The number of aromatic nitrogens is 3. The number of carboxylic acid groups (broad SMARTS) is 1. The maximum Gasteiger partial charge on any atom is 0.314 e. The van der Waals surface area contributed by atoms with E-state index in [1.54, 1.807) is 25.3 Å². The summed E-state index contributed by atoms with van der Waals surface area (Å²) in [5, 5.41) is 24.6. The summed E-state index contributed by atoms with van der Waals surface area (Å²) >= 11 is 0. The normalized spacial score (nSPS) is 21.9. The smallest absolute Gasteiger partial charge is 0.314 e. The molecule has 0 amide bonds. The molecule has 3 aromatic rings. The molecule has 0 aliphatic carbocycles. The maximum atomic E-state index is 12.3. The van der Waals surface area contributed by atoms with Crippen molar-refractivity contribution in [2.75, 3.05) is 18.0 Å². The zero-order valence-electron chi connectivity index (χ0n) is 16.0. The predicted octanol–water partition coefficient (Wildman–Crippen LogP) is 2.32. The average molecular weight is 394 g/mol. The molecule has 4 rings (SSSR count). The number of pyridine rings is 1. The van der Waals surface area contributed by atoms with E-state index in [1.807, 2.05) is 35.2 Å². The highest BCUT2D eigenvalue weighted by atomic mass is 16.5. The summed E-state index contributed by atoms with van der Waals surface area (Å²) in [7, 11) is 0. The zero-order chi connectivity index (χ0) is 20.4. The van der Waals surface area contributed by atoms with Gasteiger partial charge in [0.1, 0.15) is 11.2 Å². The first-order chi connectivity index (χ1) is 14.0. The van der Waals surface area contributed by atoms with Gasteiger partial charge in [0.25, 0.3) is 5.89 Å². The van der Waals surface area contributed by atoms with Crippen LogP contribution in [-0.2, 0) is 11.2 Å². The Balaban J connectivity index is 1.65. The maximum absolute atomic E-state index is 12.3. The van der Waals surface area contributed by atoms with Crippen molar-refractivity contribution >= 4 is 11.8 Å². The van der Waals surface area contributed by atoms with E-state index >= 15 is 0 Å².